The van der Waals surface area contributed by atoms with Crippen LogP contribution in [0.25, 0.3) is 0 Å². The van der Waals surface area contributed by atoms with Crippen molar-refractivity contribution in [3.8, 4) is 17.2 Å². The molecule has 1 fully saturated rings. The Morgan fingerprint density at radius 2 is 1.58 bits per heavy atom. The van der Waals surface area contributed by atoms with E-state index in [2.05, 4.69) is 0 Å². The third-order valence-electron chi connectivity index (χ3n) is 7.64. The van der Waals surface area contributed by atoms with Gasteiger partial charge in [0.15, 0.2) is 11.2 Å². The average Bonchev–Trinajstić information content (AvgIpc) is 3.34. The second kappa shape index (κ2) is 9.34. The third kappa shape index (κ3) is 3.32. The molecule has 9 heteroatoms. The summed E-state index contributed by atoms with van der Waals surface area (Å²) in [5.41, 5.74) is -2.58. The van der Waals surface area contributed by atoms with E-state index < -0.39 is 41.1 Å². The van der Waals surface area contributed by atoms with Crippen molar-refractivity contribution in [3.63, 3.8) is 0 Å². The normalized spacial score (nSPS) is 27.1. The smallest absolute Gasteiger partial charge is 0.338 e. The molecule has 0 spiro atoms. The molecule has 5 rings (SSSR count). The van der Waals surface area contributed by atoms with Crippen molar-refractivity contribution in [1.29, 1.82) is 0 Å². The highest BCUT2D eigenvalue weighted by Crippen LogP contribution is 2.70. The number of hydrogen-bond acceptors (Lipinski definition) is 9. The lowest BCUT2D eigenvalue weighted by Gasteiger charge is -2.40. The zero-order valence-corrected chi connectivity index (χ0v) is 21.3. The molecule has 1 saturated carbocycles. The van der Waals surface area contributed by atoms with Crippen LogP contribution >= 0.6 is 0 Å². The summed E-state index contributed by atoms with van der Waals surface area (Å²) in [6, 6.07) is 18.7. The lowest BCUT2D eigenvalue weighted by molar-refractivity contribution is -0.161. The first-order valence-electron chi connectivity index (χ1n) is 12.0. The average molecular weight is 521 g/mol. The molecule has 0 saturated heterocycles. The van der Waals surface area contributed by atoms with E-state index in [4.69, 9.17) is 23.7 Å². The first-order chi connectivity index (χ1) is 18.3. The molecule has 1 aliphatic heterocycles. The van der Waals surface area contributed by atoms with Gasteiger partial charge < -0.3 is 33.9 Å². The van der Waals surface area contributed by atoms with Crippen molar-refractivity contribution in [2.75, 3.05) is 28.4 Å². The van der Waals surface area contributed by atoms with Crippen molar-refractivity contribution >= 4 is 11.9 Å². The molecule has 2 N–H and O–H groups in total. The molecule has 0 bridgehead atoms. The monoisotopic (exact) mass is 520 g/mol. The van der Waals surface area contributed by atoms with Crippen molar-refractivity contribution in [2.24, 2.45) is 5.92 Å². The summed E-state index contributed by atoms with van der Waals surface area (Å²) in [6.07, 6.45) is -1.68. The van der Waals surface area contributed by atoms with Gasteiger partial charge in [0.2, 0.25) is 0 Å². The van der Waals surface area contributed by atoms with Crippen LogP contribution < -0.4 is 14.2 Å². The number of aliphatic hydroxyl groups excluding tert-OH is 1. The second-order valence-electron chi connectivity index (χ2n) is 9.26. The van der Waals surface area contributed by atoms with Gasteiger partial charge in [-0.1, -0.05) is 42.5 Å². The van der Waals surface area contributed by atoms with E-state index >= 15 is 0 Å². The number of benzene rings is 3. The molecule has 0 radical (unpaired) electrons. The standard InChI is InChI=1S/C29H28O9/c1-34-19-12-10-18(11-13-19)29-23(16-8-6-5-7-9-16)22(27(32)37-4)25(30)28(29,33)24-20(35-2)14-17(26(31)36-3)15-21(24)38-29/h5-15,22-23,25,30,33H,1-4H3/t22-,23-,25-,28+,29+/m1/s1. The number of carbonyl (C=O) groups is 2. The van der Waals surface area contributed by atoms with Crippen LogP contribution in [0.3, 0.4) is 0 Å². The Balaban J connectivity index is 1.88. The first-order valence-corrected chi connectivity index (χ1v) is 12.0. The van der Waals surface area contributed by atoms with Crippen molar-refractivity contribution in [2.45, 2.75) is 23.2 Å². The molecular formula is C29H28O9. The maximum Gasteiger partial charge on any atom is 0.338 e. The minimum atomic E-state index is -2.20. The van der Waals surface area contributed by atoms with Crippen LogP contribution in [0.15, 0.2) is 66.7 Å². The van der Waals surface area contributed by atoms with E-state index in [0.717, 1.165) is 0 Å². The molecule has 1 heterocycles. The molecule has 0 unspecified atom stereocenters. The summed E-state index contributed by atoms with van der Waals surface area (Å²) in [6.45, 7) is 0. The van der Waals surface area contributed by atoms with Gasteiger partial charge in [0.05, 0.1) is 45.5 Å². The van der Waals surface area contributed by atoms with E-state index in [1.807, 2.05) is 6.07 Å². The highest BCUT2D eigenvalue weighted by molar-refractivity contribution is 5.91. The predicted molar refractivity (Wildman–Crippen MR) is 134 cm³/mol. The van der Waals surface area contributed by atoms with E-state index in [9.17, 15) is 19.8 Å². The topological polar surface area (TPSA) is 121 Å². The number of methoxy groups -OCH3 is 4. The summed E-state index contributed by atoms with van der Waals surface area (Å²) in [5, 5.41) is 24.6. The second-order valence-corrected chi connectivity index (χ2v) is 9.26. The fourth-order valence-electron chi connectivity index (χ4n) is 6.04. The predicted octanol–water partition coefficient (Wildman–Crippen LogP) is 2.91. The zero-order chi connectivity index (χ0) is 27.2. The Morgan fingerprint density at radius 3 is 2.16 bits per heavy atom. The summed E-state index contributed by atoms with van der Waals surface area (Å²) in [5.74, 6) is -2.70. The number of rotatable bonds is 6. The maximum absolute atomic E-state index is 13.2. The molecule has 1 aliphatic carbocycles. The number of hydrogen-bond donors (Lipinski definition) is 2. The van der Waals surface area contributed by atoms with E-state index in [0.29, 0.717) is 16.9 Å². The fraction of sp³-hybridized carbons (Fsp3) is 0.310. The van der Waals surface area contributed by atoms with Crippen molar-refractivity contribution < 1.29 is 43.5 Å². The van der Waals surface area contributed by atoms with Gasteiger partial charge in [-0.05, 0) is 35.4 Å². The molecule has 38 heavy (non-hydrogen) atoms. The number of aliphatic hydroxyl groups is 2. The lowest BCUT2D eigenvalue weighted by atomic mass is 9.70. The Hall–Kier alpha value is -4.08. The van der Waals surface area contributed by atoms with Gasteiger partial charge in [0.1, 0.15) is 23.4 Å². The summed E-state index contributed by atoms with van der Waals surface area (Å²) in [4.78, 5) is 25.7. The quantitative estimate of drug-likeness (QED) is 0.473. The number of carbonyl (C=O) groups excluding carboxylic acids is 2. The molecule has 0 amide bonds. The molecule has 3 aromatic carbocycles. The third-order valence-corrected chi connectivity index (χ3v) is 7.64. The van der Waals surface area contributed by atoms with Crippen LogP contribution in [0.5, 0.6) is 17.2 Å². The number of ether oxygens (including phenoxy) is 5. The minimum absolute atomic E-state index is 0.0946. The van der Waals surface area contributed by atoms with Crippen LogP contribution in [0.2, 0.25) is 0 Å². The van der Waals surface area contributed by atoms with Crippen LogP contribution in [0.1, 0.15) is 33.0 Å². The molecule has 2 aliphatic rings. The largest absolute Gasteiger partial charge is 0.497 e. The Kier molecular flexibility index (Phi) is 6.28. The number of esters is 2. The minimum Gasteiger partial charge on any atom is -0.497 e. The lowest BCUT2D eigenvalue weighted by Crippen LogP contribution is -2.52. The van der Waals surface area contributed by atoms with Crippen molar-refractivity contribution in [1.82, 2.24) is 0 Å². The molecule has 5 atom stereocenters. The number of fused-ring (bicyclic) bond motifs is 3. The highest BCUT2D eigenvalue weighted by Gasteiger charge is 2.78. The van der Waals surface area contributed by atoms with Gasteiger partial charge in [-0.25, -0.2) is 4.79 Å². The van der Waals surface area contributed by atoms with E-state index in [1.54, 1.807) is 48.5 Å². The van der Waals surface area contributed by atoms with Crippen molar-refractivity contribution in [3.05, 3.63) is 89.0 Å². The van der Waals surface area contributed by atoms with Crippen LogP contribution in [-0.4, -0.2) is 56.7 Å². The molecule has 9 nitrogen and oxygen atoms in total. The molecule has 0 aromatic heterocycles. The van der Waals surface area contributed by atoms with Crippen LogP contribution in [0, 0.1) is 5.92 Å². The van der Waals surface area contributed by atoms with Gasteiger partial charge in [-0.2, -0.15) is 0 Å². The van der Waals surface area contributed by atoms with Gasteiger partial charge in [0, 0.05) is 5.92 Å². The van der Waals surface area contributed by atoms with Gasteiger partial charge in [-0.15, -0.1) is 0 Å². The Labute approximate surface area is 219 Å². The van der Waals surface area contributed by atoms with Gasteiger partial charge in [-0.3, -0.25) is 4.79 Å². The van der Waals surface area contributed by atoms with Gasteiger partial charge >= 0.3 is 11.9 Å². The highest BCUT2D eigenvalue weighted by atomic mass is 16.6. The van der Waals surface area contributed by atoms with E-state index in [-0.39, 0.29) is 22.6 Å². The summed E-state index contributed by atoms with van der Waals surface area (Å²) < 4.78 is 27.6. The molecular weight excluding hydrogens is 492 g/mol. The Bertz CT molecular complexity index is 1370. The fourth-order valence-corrected chi connectivity index (χ4v) is 6.04. The maximum atomic E-state index is 13.2. The SMILES string of the molecule is COC(=O)c1cc(OC)c2c(c1)O[C@@]1(c3ccc(OC)cc3)[C@H](c3ccccc3)[C@@H](C(=O)OC)[C@@H](O)[C@@]21O. The van der Waals surface area contributed by atoms with Crippen LogP contribution in [-0.2, 0) is 25.5 Å². The summed E-state index contributed by atoms with van der Waals surface area (Å²) >= 11 is 0. The van der Waals surface area contributed by atoms with E-state index in [1.165, 1.54) is 40.6 Å². The summed E-state index contributed by atoms with van der Waals surface area (Å²) in [7, 11) is 5.39. The zero-order valence-electron chi connectivity index (χ0n) is 21.3. The van der Waals surface area contributed by atoms with Gasteiger partial charge in [0.25, 0.3) is 0 Å². The molecule has 198 valence electrons. The Morgan fingerprint density at radius 1 is 0.895 bits per heavy atom. The molecule has 3 aromatic rings. The van der Waals surface area contributed by atoms with Crippen LogP contribution in [0.4, 0.5) is 0 Å². The first kappa shape index (κ1) is 25.6.